The van der Waals surface area contributed by atoms with Crippen LogP contribution in [0.5, 0.6) is 0 Å². The summed E-state index contributed by atoms with van der Waals surface area (Å²) >= 11 is 0. The molecule has 118 valence electrons. The van der Waals surface area contributed by atoms with Gasteiger partial charge < -0.3 is 4.90 Å². The normalized spacial score (nSPS) is 11.9. The Kier molecular flexibility index (Phi) is 4.49. The summed E-state index contributed by atoms with van der Waals surface area (Å²) in [6.07, 6.45) is 1.06. The topological polar surface area (TPSA) is 3.24 Å². The van der Waals surface area contributed by atoms with Gasteiger partial charge in [-0.1, -0.05) is 68.4 Å². The molecule has 1 aliphatic carbocycles. The molecule has 0 radical (unpaired) electrons. The molecular formula is C22H25N. The van der Waals surface area contributed by atoms with E-state index in [0.29, 0.717) is 0 Å². The van der Waals surface area contributed by atoms with Gasteiger partial charge in [-0.2, -0.15) is 0 Å². The third-order valence-corrected chi connectivity index (χ3v) is 4.40. The zero-order valence-corrected chi connectivity index (χ0v) is 14.6. The Hall–Kier alpha value is -2.12. The predicted molar refractivity (Wildman–Crippen MR) is 101 cm³/mol. The maximum atomic E-state index is 2.29. The highest BCUT2D eigenvalue weighted by atomic mass is 15.0. The van der Waals surface area contributed by atoms with Crippen LogP contribution in [-0.4, -0.2) is 19.0 Å². The summed E-state index contributed by atoms with van der Waals surface area (Å²) in [5, 5.41) is 2.82. The van der Waals surface area contributed by atoms with Gasteiger partial charge in [0, 0.05) is 6.54 Å². The van der Waals surface area contributed by atoms with E-state index in [-0.39, 0.29) is 0 Å². The molecule has 0 atom stereocenters. The molecule has 0 N–H and O–H groups in total. The van der Waals surface area contributed by atoms with Crippen LogP contribution in [0.25, 0.3) is 21.9 Å². The van der Waals surface area contributed by atoms with Gasteiger partial charge in [-0.25, -0.2) is 0 Å². The number of benzene rings is 3. The van der Waals surface area contributed by atoms with Crippen LogP contribution in [0.4, 0.5) is 0 Å². The first-order chi connectivity index (χ1) is 11.2. The Morgan fingerprint density at radius 1 is 0.826 bits per heavy atom. The Balaban J connectivity index is 0.000000753. The van der Waals surface area contributed by atoms with Crippen LogP contribution in [0.3, 0.4) is 0 Å². The maximum absolute atomic E-state index is 2.29. The zero-order chi connectivity index (χ0) is 16.4. The summed E-state index contributed by atoms with van der Waals surface area (Å²) in [4.78, 5) is 2.25. The number of rotatable bonds is 2. The van der Waals surface area contributed by atoms with Crippen LogP contribution >= 0.6 is 0 Å². The smallest absolute Gasteiger partial charge is 0.0233 e. The molecule has 3 aromatic carbocycles. The highest BCUT2D eigenvalue weighted by Gasteiger charge is 2.21. The van der Waals surface area contributed by atoms with E-state index in [2.05, 4.69) is 73.6 Å². The van der Waals surface area contributed by atoms with Crippen molar-refractivity contribution in [3.05, 3.63) is 71.3 Å². The van der Waals surface area contributed by atoms with E-state index in [1.54, 1.807) is 0 Å². The van der Waals surface area contributed by atoms with Crippen LogP contribution < -0.4 is 0 Å². The molecule has 0 saturated carbocycles. The van der Waals surface area contributed by atoms with Crippen LogP contribution in [0.2, 0.25) is 0 Å². The van der Waals surface area contributed by atoms with Crippen molar-refractivity contribution < 1.29 is 0 Å². The van der Waals surface area contributed by atoms with Crippen LogP contribution in [0.1, 0.15) is 30.5 Å². The SMILES string of the molecule is CC.CN(C)Cc1cccc2ccc3c(c12)Cc1ccccc1-3. The number of hydrogen-bond donors (Lipinski definition) is 0. The van der Waals surface area contributed by atoms with Crippen LogP contribution in [-0.2, 0) is 13.0 Å². The lowest BCUT2D eigenvalue weighted by Gasteiger charge is -2.15. The molecule has 0 aliphatic heterocycles. The third kappa shape index (κ3) is 2.77. The molecule has 0 saturated heterocycles. The van der Waals surface area contributed by atoms with Crippen molar-refractivity contribution in [2.24, 2.45) is 0 Å². The van der Waals surface area contributed by atoms with Crippen molar-refractivity contribution in [1.29, 1.82) is 0 Å². The quantitative estimate of drug-likeness (QED) is 0.472. The number of nitrogens with zero attached hydrogens (tertiary/aromatic N) is 1. The average molecular weight is 303 g/mol. The Morgan fingerprint density at radius 2 is 1.61 bits per heavy atom. The molecular weight excluding hydrogens is 278 g/mol. The Labute approximate surface area is 139 Å². The molecule has 0 bridgehead atoms. The van der Waals surface area contributed by atoms with Gasteiger partial charge in [-0.15, -0.1) is 0 Å². The largest absolute Gasteiger partial charge is 0.305 e. The molecule has 3 aromatic rings. The first-order valence-corrected chi connectivity index (χ1v) is 8.50. The standard InChI is InChI=1S/C20H19N.C2H6/c1-21(2)13-16-8-5-7-14-10-11-18-17-9-4-3-6-15(17)12-19(18)20(14)16;1-2/h3-11H,12-13H2,1-2H3;1-2H3. The molecule has 4 rings (SSSR count). The summed E-state index contributed by atoms with van der Waals surface area (Å²) in [7, 11) is 4.27. The van der Waals surface area contributed by atoms with Gasteiger partial charge in [-0.05, 0) is 59.1 Å². The lowest BCUT2D eigenvalue weighted by atomic mass is 9.95. The third-order valence-electron chi connectivity index (χ3n) is 4.40. The Morgan fingerprint density at radius 3 is 2.39 bits per heavy atom. The minimum atomic E-state index is 0.990. The van der Waals surface area contributed by atoms with Gasteiger partial charge in [-0.3, -0.25) is 0 Å². The number of fused-ring (bicyclic) bond motifs is 5. The van der Waals surface area contributed by atoms with E-state index in [9.17, 15) is 0 Å². The summed E-state index contributed by atoms with van der Waals surface area (Å²) in [6, 6.07) is 20.0. The van der Waals surface area contributed by atoms with E-state index in [0.717, 1.165) is 13.0 Å². The van der Waals surface area contributed by atoms with E-state index >= 15 is 0 Å². The second-order valence-corrected chi connectivity index (χ2v) is 6.18. The molecule has 1 aliphatic rings. The van der Waals surface area contributed by atoms with E-state index in [4.69, 9.17) is 0 Å². The van der Waals surface area contributed by atoms with E-state index in [1.165, 1.54) is 38.6 Å². The highest BCUT2D eigenvalue weighted by Crippen LogP contribution is 2.41. The lowest BCUT2D eigenvalue weighted by Crippen LogP contribution is -2.11. The fourth-order valence-corrected chi connectivity index (χ4v) is 3.57. The van der Waals surface area contributed by atoms with Gasteiger partial charge in [0.25, 0.3) is 0 Å². The van der Waals surface area contributed by atoms with Gasteiger partial charge >= 0.3 is 0 Å². The van der Waals surface area contributed by atoms with Crippen molar-refractivity contribution in [2.45, 2.75) is 26.8 Å². The summed E-state index contributed by atoms with van der Waals surface area (Å²) in [5.74, 6) is 0. The predicted octanol–water partition coefficient (Wildman–Crippen LogP) is 5.50. The van der Waals surface area contributed by atoms with Crippen molar-refractivity contribution in [2.75, 3.05) is 14.1 Å². The fraction of sp³-hybridized carbons (Fsp3) is 0.273. The van der Waals surface area contributed by atoms with Crippen molar-refractivity contribution >= 4 is 10.8 Å². The van der Waals surface area contributed by atoms with Crippen LogP contribution in [0, 0.1) is 0 Å². The Bertz CT molecular complexity index is 830. The van der Waals surface area contributed by atoms with Crippen molar-refractivity contribution in [1.82, 2.24) is 4.90 Å². The van der Waals surface area contributed by atoms with Crippen molar-refractivity contribution in [3.8, 4) is 11.1 Å². The molecule has 1 nitrogen and oxygen atoms in total. The fourth-order valence-electron chi connectivity index (χ4n) is 3.57. The summed E-state index contributed by atoms with van der Waals surface area (Å²) in [5.41, 5.74) is 7.23. The molecule has 0 aromatic heterocycles. The molecule has 23 heavy (non-hydrogen) atoms. The summed E-state index contributed by atoms with van der Waals surface area (Å²) < 4.78 is 0. The molecule has 0 unspecified atom stereocenters. The van der Waals surface area contributed by atoms with Gasteiger partial charge in [0.2, 0.25) is 0 Å². The first-order valence-electron chi connectivity index (χ1n) is 8.50. The minimum Gasteiger partial charge on any atom is -0.305 e. The second kappa shape index (κ2) is 6.55. The maximum Gasteiger partial charge on any atom is 0.0233 e. The van der Waals surface area contributed by atoms with E-state index in [1.807, 2.05) is 13.8 Å². The van der Waals surface area contributed by atoms with Gasteiger partial charge in [0.1, 0.15) is 0 Å². The van der Waals surface area contributed by atoms with Gasteiger partial charge in [0.05, 0.1) is 0 Å². The average Bonchev–Trinajstić information content (AvgIpc) is 2.95. The highest BCUT2D eigenvalue weighted by molar-refractivity contribution is 5.97. The molecule has 1 heteroatoms. The van der Waals surface area contributed by atoms with Crippen LogP contribution in [0.15, 0.2) is 54.6 Å². The lowest BCUT2D eigenvalue weighted by molar-refractivity contribution is 0.404. The first kappa shape index (κ1) is 15.8. The van der Waals surface area contributed by atoms with Gasteiger partial charge in [0.15, 0.2) is 0 Å². The second-order valence-electron chi connectivity index (χ2n) is 6.18. The molecule has 0 heterocycles. The minimum absolute atomic E-state index is 0.990. The number of hydrogen-bond acceptors (Lipinski definition) is 1. The molecule has 0 amide bonds. The van der Waals surface area contributed by atoms with E-state index < -0.39 is 0 Å². The zero-order valence-electron chi connectivity index (χ0n) is 14.6. The summed E-state index contributed by atoms with van der Waals surface area (Å²) in [6.45, 7) is 4.99. The molecule has 0 spiro atoms. The molecule has 0 fully saturated rings. The van der Waals surface area contributed by atoms with Crippen molar-refractivity contribution in [3.63, 3.8) is 0 Å². The monoisotopic (exact) mass is 303 g/mol.